The molecule has 2 N–H and O–H groups in total. The van der Waals surface area contributed by atoms with Crippen molar-refractivity contribution < 1.29 is 19.2 Å². The normalized spacial score (nSPS) is 23.9. The van der Waals surface area contributed by atoms with Crippen LogP contribution in [0, 0.1) is 5.41 Å². The van der Waals surface area contributed by atoms with E-state index >= 15 is 0 Å². The zero-order chi connectivity index (χ0) is 24.6. The van der Waals surface area contributed by atoms with E-state index in [1.54, 1.807) is 6.92 Å². The molecule has 1 spiro atoms. The van der Waals surface area contributed by atoms with E-state index in [1.807, 2.05) is 48.5 Å². The lowest BCUT2D eigenvalue weighted by molar-refractivity contribution is -0.154. The van der Waals surface area contributed by atoms with Gasteiger partial charge in [0.15, 0.2) is 5.41 Å². The van der Waals surface area contributed by atoms with Crippen LogP contribution in [0.1, 0.15) is 50.2 Å². The Morgan fingerprint density at radius 1 is 1.09 bits per heavy atom. The number of barbiturate groups is 1. The van der Waals surface area contributed by atoms with Gasteiger partial charge in [0.1, 0.15) is 0 Å². The Balaban J connectivity index is 1.58. The second kappa shape index (κ2) is 9.17. The largest absolute Gasteiger partial charge is 0.367 e. The maximum atomic E-state index is 14.2. The van der Waals surface area contributed by atoms with Crippen LogP contribution in [0.3, 0.4) is 0 Å². The van der Waals surface area contributed by atoms with Crippen molar-refractivity contribution in [3.8, 4) is 0 Å². The van der Waals surface area contributed by atoms with Gasteiger partial charge in [-0.1, -0.05) is 50.1 Å². The molecule has 182 valence electrons. The number of rotatable bonds is 4. The minimum absolute atomic E-state index is 0.103. The van der Waals surface area contributed by atoms with Crippen molar-refractivity contribution in [3.05, 3.63) is 59.7 Å². The van der Waals surface area contributed by atoms with Crippen molar-refractivity contribution in [1.82, 2.24) is 10.2 Å². The van der Waals surface area contributed by atoms with E-state index in [9.17, 15) is 19.2 Å². The molecule has 5 amide bonds. The molecule has 2 saturated heterocycles. The average molecular weight is 475 g/mol. The molecule has 8 heteroatoms. The highest BCUT2D eigenvalue weighted by atomic mass is 16.2. The van der Waals surface area contributed by atoms with E-state index in [4.69, 9.17) is 0 Å². The number of anilines is 2. The average Bonchev–Trinajstić information content (AvgIpc) is 3.12. The monoisotopic (exact) mass is 474 g/mol. The van der Waals surface area contributed by atoms with Crippen LogP contribution in [0.2, 0.25) is 0 Å². The molecule has 3 aliphatic heterocycles. The van der Waals surface area contributed by atoms with E-state index in [-0.39, 0.29) is 24.9 Å². The molecule has 3 heterocycles. The molecule has 0 radical (unpaired) electrons. The fourth-order valence-electron chi connectivity index (χ4n) is 5.73. The molecule has 5 rings (SSSR count). The van der Waals surface area contributed by atoms with Crippen LogP contribution in [-0.4, -0.2) is 41.2 Å². The summed E-state index contributed by atoms with van der Waals surface area (Å²) in [4.78, 5) is 56.0. The number of nitrogens with one attached hydrogen (secondary N) is 2. The maximum Gasteiger partial charge on any atom is 0.331 e. The summed E-state index contributed by atoms with van der Waals surface area (Å²) in [5.74, 6) is -1.07. The summed E-state index contributed by atoms with van der Waals surface area (Å²) in [6, 6.07) is 14.0. The third-order valence-corrected chi connectivity index (χ3v) is 7.47. The molecule has 2 atom stereocenters. The minimum Gasteiger partial charge on any atom is -0.367 e. The van der Waals surface area contributed by atoms with Gasteiger partial charge in [0.2, 0.25) is 17.7 Å². The van der Waals surface area contributed by atoms with Gasteiger partial charge < -0.3 is 10.2 Å². The number of hydrogen-bond acceptors (Lipinski definition) is 5. The van der Waals surface area contributed by atoms with E-state index in [0.717, 1.165) is 42.6 Å². The first-order chi connectivity index (χ1) is 16.9. The summed E-state index contributed by atoms with van der Waals surface area (Å²) < 4.78 is 0. The summed E-state index contributed by atoms with van der Waals surface area (Å²) in [5, 5.41) is 5.39. The number of amides is 5. The number of imide groups is 2. The molecule has 0 aromatic heterocycles. The van der Waals surface area contributed by atoms with Crippen LogP contribution < -0.4 is 15.5 Å². The van der Waals surface area contributed by atoms with Crippen molar-refractivity contribution >= 4 is 35.1 Å². The quantitative estimate of drug-likeness (QED) is 0.660. The lowest BCUT2D eigenvalue weighted by atomic mass is 9.67. The number of carbonyl (C=O) groups excluding carboxylic acids is 4. The first-order valence-corrected chi connectivity index (χ1v) is 12.3. The summed E-state index contributed by atoms with van der Waals surface area (Å²) in [6.07, 6.45) is 4.12. The number of hydrogen-bond donors (Lipinski definition) is 2. The van der Waals surface area contributed by atoms with Crippen LogP contribution >= 0.6 is 0 Å². The topological polar surface area (TPSA) is 98.8 Å². The number of benzene rings is 2. The molecule has 2 fully saturated rings. The van der Waals surface area contributed by atoms with Crippen LogP contribution in [0.5, 0.6) is 0 Å². The highest BCUT2D eigenvalue weighted by Crippen LogP contribution is 2.47. The summed E-state index contributed by atoms with van der Waals surface area (Å²) in [6.45, 7) is 2.62. The van der Waals surface area contributed by atoms with E-state index in [1.165, 1.54) is 4.90 Å². The van der Waals surface area contributed by atoms with E-state index in [0.29, 0.717) is 18.5 Å². The molecule has 2 aromatic carbocycles. The van der Waals surface area contributed by atoms with Crippen LogP contribution in [0.15, 0.2) is 48.5 Å². The zero-order valence-corrected chi connectivity index (χ0v) is 19.9. The fourth-order valence-corrected chi connectivity index (χ4v) is 5.73. The molecular formula is C27H30N4O4. The third-order valence-electron chi connectivity index (χ3n) is 7.47. The van der Waals surface area contributed by atoms with Gasteiger partial charge in [0.05, 0.1) is 12.6 Å². The van der Waals surface area contributed by atoms with Gasteiger partial charge in [0, 0.05) is 24.3 Å². The molecule has 0 saturated carbocycles. The van der Waals surface area contributed by atoms with Gasteiger partial charge in [-0.3, -0.25) is 24.6 Å². The smallest absolute Gasteiger partial charge is 0.331 e. The van der Waals surface area contributed by atoms with Crippen LogP contribution in [0.25, 0.3) is 0 Å². The number of nitrogens with zero attached hydrogens (tertiary/aromatic N) is 2. The number of fused-ring (bicyclic) bond motifs is 4. The Morgan fingerprint density at radius 2 is 1.89 bits per heavy atom. The highest BCUT2D eigenvalue weighted by molar-refractivity contribution is 6.20. The molecule has 0 bridgehead atoms. The summed E-state index contributed by atoms with van der Waals surface area (Å²) >= 11 is 0. The molecule has 35 heavy (non-hydrogen) atoms. The summed E-state index contributed by atoms with van der Waals surface area (Å²) in [5.41, 5.74) is 1.87. The summed E-state index contributed by atoms with van der Waals surface area (Å²) in [7, 11) is 0. The van der Waals surface area contributed by atoms with Crippen molar-refractivity contribution in [1.29, 1.82) is 0 Å². The lowest BCUT2D eigenvalue weighted by Gasteiger charge is -2.51. The highest BCUT2D eigenvalue weighted by Gasteiger charge is 2.61. The predicted octanol–water partition coefficient (Wildman–Crippen LogP) is 3.61. The molecule has 0 unspecified atom stereocenters. The van der Waals surface area contributed by atoms with Gasteiger partial charge in [-0.15, -0.1) is 0 Å². The first-order valence-electron chi connectivity index (χ1n) is 12.3. The molecule has 2 aromatic rings. The maximum absolute atomic E-state index is 14.2. The second-order valence-electron chi connectivity index (χ2n) is 9.59. The molecule has 3 aliphatic rings. The Hall–Kier alpha value is -3.68. The Labute approximate surface area is 204 Å². The fraction of sp³-hybridized carbons (Fsp3) is 0.407. The Morgan fingerprint density at radius 3 is 2.66 bits per heavy atom. The molecule has 8 nitrogen and oxygen atoms in total. The predicted molar refractivity (Wildman–Crippen MR) is 132 cm³/mol. The first kappa shape index (κ1) is 23.1. The van der Waals surface area contributed by atoms with Gasteiger partial charge >= 0.3 is 6.03 Å². The van der Waals surface area contributed by atoms with E-state index in [2.05, 4.69) is 15.5 Å². The van der Waals surface area contributed by atoms with Crippen LogP contribution in [0.4, 0.5) is 16.2 Å². The van der Waals surface area contributed by atoms with Crippen molar-refractivity contribution in [2.24, 2.45) is 5.41 Å². The Bertz CT molecular complexity index is 1180. The van der Waals surface area contributed by atoms with Gasteiger partial charge in [-0.2, -0.15) is 0 Å². The zero-order valence-electron chi connectivity index (χ0n) is 19.9. The van der Waals surface area contributed by atoms with Crippen molar-refractivity contribution in [2.75, 3.05) is 16.8 Å². The Kier molecular flexibility index (Phi) is 6.05. The SMILES string of the molecule is CCC(=O)Nc1ccc2c(c1)C[C@]1(C(=O)NC(=O)N(Cc3ccccc3)C1=O)[C@H]1CCCCCN21. The standard InChI is InChI=1S/C27H30N4O4/c1-2-23(32)28-20-12-13-21-19(15-20)16-27(22-11-7-4-8-14-30(21)22)24(33)29-26(35)31(25(27)34)17-18-9-5-3-6-10-18/h3,5-6,9-10,12-13,15,22H,2,4,7-8,11,14,16-17H2,1H3,(H,28,32)(H,29,33,35)/t22-,27-/m1/s1. The van der Waals surface area contributed by atoms with Gasteiger partial charge in [-0.25, -0.2) is 4.79 Å². The minimum atomic E-state index is -1.41. The number of carbonyl (C=O) groups is 4. The number of urea groups is 1. The lowest BCUT2D eigenvalue weighted by Crippen LogP contribution is -2.71. The van der Waals surface area contributed by atoms with Gasteiger partial charge in [0.25, 0.3) is 0 Å². The molecular weight excluding hydrogens is 444 g/mol. The van der Waals surface area contributed by atoms with Crippen molar-refractivity contribution in [2.45, 2.75) is 58.0 Å². The van der Waals surface area contributed by atoms with Crippen LogP contribution in [-0.2, 0) is 27.3 Å². The van der Waals surface area contributed by atoms with Gasteiger partial charge in [-0.05, 0) is 48.6 Å². The second-order valence-corrected chi connectivity index (χ2v) is 9.59. The van der Waals surface area contributed by atoms with E-state index < -0.39 is 23.3 Å². The molecule has 0 aliphatic carbocycles. The third kappa shape index (κ3) is 3.96. The van der Waals surface area contributed by atoms with Crippen molar-refractivity contribution in [3.63, 3.8) is 0 Å².